The summed E-state index contributed by atoms with van der Waals surface area (Å²) in [4.78, 5) is 23.3. The molecule has 1 N–H and O–H groups in total. The highest BCUT2D eigenvalue weighted by molar-refractivity contribution is 6.03. The van der Waals surface area contributed by atoms with Crippen molar-refractivity contribution in [1.29, 1.82) is 0 Å². The quantitative estimate of drug-likeness (QED) is 0.819. The van der Waals surface area contributed by atoms with Gasteiger partial charge in [0.25, 0.3) is 0 Å². The van der Waals surface area contributed by atoms with Crippen molar-refractivity contribution in [2.75, 3.05) is 0 Å². The van der Waals surface area contributed by atoms with Crippen LogP contribution in [0.3, 0.4) is 0 Å². The Bertz CT molecular complexity index is 426. The smallest absolute Gasteiger partial charge is 0.220 e. The fourth-order valence-electron chi connectivity index (χ4n) is 2.03. The molecule has 0 saturated heterocycles. The molecule has 16 heavy (non-hydrogen) atoms. The lowest BCUT2D eigenvalue weighted by Gasteiger charge is -2.23. The molecule has 1 aliphatic rings. The number of hydrogen-bond donors (Lipinski definition) is 1. The number of rotatable bonds is 2. The zero-order chi connectivity index (χ0) is 11.5. The van der Waals surface area contributed by atoms with Crippen LogP contribution < -0.4 is 5.32 Å². The Morgan fingerprint density at radius 2 is 2.19 bits per heavy atom. The van der Waals surface area contributed by atoms with Crippen LogP contribution in [0, 0.1) is 0 Å². The lowest BCUT2D eigenvalue weighted by molar-refractivity contribution is -0.121. The molecule has 1 aromatic carbocycles. The topological polar surface area (TPSA) is 46.2 Å². The molecule has 0 spiro atoms. The Balaban J connectivity index is 2.18. The van der Waals surface area contributed by atoms with E-state index >= 15 is 0 Å². The van der Waals surface area contributed by atoms with Crippen LogP contribution in [0.5, 0.6) is 0 Å². The molecule has 3 heteroatoms. The Morgan fingerprint density at radius 1 is 1.44 bits per heavy atom. The SMILES string of the molecule is CCC(=O)NC1CCc2ccccc2C1=O. The molecule has 1 unspecified atom stereocenters. The number of Topliss-reactive ketones (excluding diaryl/α,β-unsaturated/α-hetero) is 1. The number of carbonyl (C=O) groups excluding carboxylic acids is 2. The van der Waals surface area contributed by atoms with E-state index in [0.717, 1.165) is 17.5 Å². The normalized spacial score (nSPS) is 19.1. The fraction of sp³-hybridized carbons (Fsp3) is 0.385. The van der Waals surface area contributed by atoms with E-state index in [4.69, 9.17) is 0 Å². The standard InChI is InChI=1S/C13H15NO2/c1-2-12(15)14-11-8-7-9-5-3-4-6-10(9)13(11)16/h3-6,11H,2,7-8H2,1H3,(H,14,15). The number of fused-ring (bicyclic) bond motifs is 1. The maximum absolute atomic E-state index is 12.1. The Labute approximate surface area is 94.9 Å². The molecule has 2 rings (SSSR count). The van der Waals surface area contributed by atoms with Crippen molar-refractivity contribution in [2.45, 2.75) is 32.2 Å². The molecule has 0 fully saturated rings. The second-order valence-electron chi connectivity index (χ2n) is 4.03. The van der Waals surface area contributed by atoms with Gasteiger partial charge in [0.1, 0.15) is 0 Å². The first-order valence-corrected chi connectivity index (χ1v) is 5.64. The van der Waals surface area contributed by atoms with Gasteiger partial charge in [-0.15, -0.1) is 0 Å². The minimum Gasteiger partial charge on any atom is -0.346 e. The van der Waals surface area contributed by atoms with E-state index in [9.17, 15) is 9.59 Å². The first-order chi connectivity index (χ1) is 7.72. The van der Waals surface area contributed by atoms with E-state index in [1.165, 1.54) is 0 Å². The first-order valence-electron chi connectivity index (χ1n) is 5.64. The molecular weight excluding hydrogens is 202 g/mol. The molecule has 0 bridgehead atoms. The van der Waals surface area contributed by atoms with Gasteiger partial charge in [-0.2, -0.15) is 0 Å². The van der Waals surface area contributed by atoms with Crippen LogP contribution in [0.2, 0.25) is 0 Å². The summed E-state index contributed by atoms with van der Waals surface area (Å²) < 4.78 is 0. The Hall–Kier alpha value is -1.64. The molecule has 1 atom stereocenters. The van der Waals surface area contributed by atoms with Gasteiger partial charge in [-0.3, -0.25) is 9.59 Å². The van der Waals surface area contributed by atoms with Gasteiger partial charge in [0, 0.05) is 12.0 Å². The van der Waals surface area contributed by atoms with Gasteiger partial charge in [-0.1, -0.05) is 31.2 Å². The highest BCUT2D eigenvalue weighted by Crippen LogP contribution is 2.21. The summed E-state index contributed by atoms with van der Waals surface area (Å²) in [7, 11) is 0. The van der Waals surface area contributed by atoms with Crippen molar-refractivity contribution in [1.82, 2.24) is 5.32 Å². The fourth-order valence-corrected chi connectivity index (χ4v) is 2.03. The monoisotopic (exact) mass is 217 g/mol. The minimum atomic E-state index is -0.331. The van der Waals surface area contributed by atoms with Gasteiger partial charge in [-0.25, -0.2) is 0 Å². The third-order valence-corrected chi connectivity index (χ3v) is 2.96. The summed E-state index contributed by atoms with van der Waals surface area (Å²) in [5, 5.41) is 2.77. The third-order valence-electron chi connectivity index (χ3n) is 2.96. The predicted molar refractivity (Wildman–Crippen MR) is 61.3 cm³/mol. The van der Waals surface area contributed by atoms with E-state index in [2.05, 4.69) is 5.32 Å². The maximum Gasteiger partial charge on any atom is 0.220 e. The second-order valence-corrected chi connectivity index (χ2v) is 4.03. The van der Waals surface area contributed by atoms with Crippen molar-refractivity contribution < 1.29 is 9.59 Å². The van der Waals surface area contributed by atoms with Crippen LogP contribution in [-0.4, -0.2) is 17.7 Å². The molecule has 0 saturated carbocycles. The highest BCUT2D eigenvalue weighted by Gasteiger charge is 2.27. The van der Waals surface area contributed by atoms with Gasteiger partial charge >= 0.3 is 0 Å². The van der Waals surface area contributed by atoms with Crippen LogP contribution in [-0.2, 0) is 11.2 Å². The summed E-state index contributed by atoms with van der Waals surface area (Å²) in [6.07, 6.45) is 1.99. The zero-order valence-corrected chi connectivity index (χ0v) is 9.32. The summed E-state index contributed by atoms with van der Waals surface area (Å²) in [5.41, 5.74) is 1.85. The van der Waals surface area contributed by atoms with E-state index in [1.807, 2.05) is 24.3 Å². The average Bonchev–Trinajstić information content (AvgIpc) is 2.33. The average molecular weight is 217 g/mol. The van der Waals surface area contributed by atoms with Crippen molar-refractivity contribution in [3.63, 3.8) is 0 Å². The summed E-state index contributed by atoms with van der Waals surface area (Å²) in [6, 6.07) is 7.28. The van der Waals surface area contributed by atoms with Crippen LogP contribution in [0.15, 0.2) is 24.3 Å². The van der Waals surface area contributed by atoms with Crippen LogP contribution in [0.1, 0.15) is 35.7 Å². The first kappa shape index (κ1) is 10.9. The van der Waals surface area contributed by atoms with Gasteiger partial charge in [0.15, 0.2) is 5.78 Å². The van der Waals surface area contributed by atoms with Gasteiger partial charge in [-0.05, 0) is 18.4 Å². The van der Waals surface area contributed by atoms with Crippen molar-refractivity contribution in [2.24, 2.45) is 0 Å². The third kappa shape index (κ3) is 1.98. The lowest BCUT2D eigenvalue weighted by Crippen LogP contribution is -2.43. The highest BCUT2D eigenvalue weighted by atomic mass is 16.2. The molecule has 1 amide bonds. The number of amides is 1. The molecule has 84 valence electrons. The number of nitrogens with one attached hydrogen (secondary N) is 1. The van der Waals surface area contributed by atoms with Crippen LogP contribution in [0.25, 0.3) is 0 Å². The predicted octanol–water partition coefficient (Wildman–Crippen LogP) is 1.71. The molecule has 1 aliphatic carbocycles. The number of carbonyl (C=O) groups is 2. The molecule has 3 nitrogen and oxygen atoms in total. The number of ketones is 1. The van der Waals surface area contributed by atoms with Crippen LogP contribution in [0.4, 0.5) is 0 Å². The molecule has 0 heterocycles. The number of benzene rings is 1. The van der Waals surface area contributed by atoms with Crippen molar-refractivity contribution >= 4 is 11.7 Å². The van der Waals surface area contributed by atoms with E-state index in [1.54, 1.807) is 6.92 Å². The number of hydrogen-bond acceptors (Lipinski definition) is 2. The molecule has 0 aromatic heterocycles. The van der Waals surface area contributed by atoms with Gasteiger partial charge < -0.3 is 5.32 Å². The lowest BCUT2D eigenvalue weighted by atomic mass is 9.87. The Kier molecular flexibility index (Phi) is 3.04. The summed E-state index contributed by atoms with van der Waals surface area (Å²) in [6.45, 7) is 1.79. The van der Waals surface area contributed by atoms with E-state index < -0.39 is 0 Å². The van der Waals surface area contributed by atoms with Crippen molar-refractivity contribution in [3.8, 4) is 0 Å². The summed E-state index contributed by atoms with van der Waals surface area (Å²) in [5.74, 6) is -0.0126. The van der Waals surface area contributed by atoms with Crippen LogP contribution >= 0.6 is 0 Å². The van der Waals surface area contributed by atoms with Gasteiger partial charge in [0.05, 0.1) is 6.04 Å². The molecule has 1 aromatic rings. The number of aryl methyl sites for hydroxylation is 1. The Morgan fingerprint density at radius 3 is 2.94 bits per heavy atom. The van der Waals surface area contributed by atoms with E-state index in [-0.39, 0.29) is 17.7 Å². The second kappa shape index (κ2) is 4.47. The minimum absolute atomic E-state index is 0.0450. The molecule has 0 aliphatic heterocycles. The zero-order valence-electron chi connectivity index (χ0n) is 9.32. The van der Waals surface area contributed by atoms with E-state index in [0.29, 0.717) is 12.8 Å². The maximum atomic E-state index is 12.1. The molecular formula is C13H15NO2. The summed E-state index contributed by atoms with van der Waals surface area (Å²) >= 11 is 0. The van der Waals surface area contributed by atoms with Crippen molar-refractivity contribution in [3.05, 3.63) is 35.4 Å². The van der Waals surface area contributed by atoms with Gasteiger partial charge in [0.2, 0.25) is 5.91 Å². The molecule has 0 radical (unpaired) electrons. The largest absolute Gasteiger partial charge is 0.346 e.